The molecule has 0 bridgehead atoms. The number of rotatable bonds is 7. The van der Waals surface area contributed by atoms with E-state index in [1.54, 1.807) is 0 Å². The van der Waals surface area contributed by atoms with E-state index in [-0.39, 0.29) is 5.78 Å². The monoisotopic (exact) mass is 478 g/mol. The van der Waals surface area contributed by atoms with Gasteiger partial charge in [0.05, 0.1) is 0 Å². The molecule has 1 aliphatic carbocycles. The van der Waals surface area contributed by atoms with E-state index in [4.69, 9.17) is 4.98 Å². The predicted octanol–water partition coefficient (Wildman–Crippen LogP) is 6.06. The van der Waals surface area contributed by atoms with Crippen molar-refractivity contribution in [2.75, 3.05) is 0 Å². The van der Waals surface area contributed by atoms with Crippen LogP contribution in [0.3, 0.4) is 0 Å². The number of ketones is 1. The van der Waals surface area contributed by atoms with Gasteiger partial charge < -0.3 is 4.57 Å². The van der Waals surface area contributed by atoms with Crippen LogP contribution in [-0.4, -0.2) is 36.0 Å². The third-order valence-corrected chi connectivity index (χ3v) is 6.99. The molecule has 5 rings (SSSR count). The van der Waals surface area contributed by atoms with Gasteiger partial charge in [0.15, 0.2) is 0 Å². The molecule has 0 saturated heterocycles. The second-order valence-electron chi connectivity index (χ2n) is 9.17. The number of aromatic amines is 1. The number of benzene rings is 2. The van der Waals surface area contributed by atoms with Gasteiger partial charge in [-0.15, -0.1) is 10.2 Å². The molecule has 2 aromatic carbocycles. The van der Waals surface area contributed by atoms with E-state index in [9.17, 15) is 4.79 Å². The van der Waals surface area contributed by atoms with Crippen LogP contribution in [0.25, 0.3) is 28.1 Å². The van der Waals surface area contributed by atoms with Crippen molar-refractivity contribution in [3.8, 4) is 22.5 Å². The second kappa shape index (κ2) is 9.85. The van der Waals surface area contributed by atoms with Gasteiger partial charge in [0.2, 0.25) is 11.6 Å². The molecule has 0 unspecified atom stereocenters. The Balaban J connectivity index is 1.52. The van der Waals surface area contributed by atoms with Gasteiger partial charge in [0.1, 0.15) is 17.2 Å². The van der Waals surface area contributed by atoms with Crippen molar-refractivity contribution in [3.63, 3.8) is 0 Å². The molecule has 2 aromatic heterocycles. The summed E-state index contributed by atoms with van der Waals surface area (Å²) in [4.78, 5) is 18.4. The van der Waals surface area contributed by atoms with Crippen LogP contribution < -0.4 is 0 Å². The largest absolute Gasteiger partial charge is 0.320 e. The Hall–Kier alpha value is -4.13. The molecule has 0 atom stereocenters. The van der Waals surface area contributed by atoms with E-state index in [0.29, 0.717) is 18.1 Å². The second-order valence-corrected chi connectivity index (χ2v) is 9.17. The molecule has 1 N–H and O–H groups in total. The third kappa shape index (κ3) is 4.11. The number of aryl methyl sites for hydroxylation is 1. The number of H-pyrrole nitrogens is 1. The van der Waals surface area contributed by atoms with Crippen LogP contribution in [0.1, 0.15) is 68.1 Å². The Morgan fingerprint density at radius 1 is 1.00 bits per heavy atom. The van der Waals surface area contributed by atoms with Gasteiger partial charge in [-0.2, -0.15) is 5.21 Å². The molecule has 7 heteroatoms. The van der Waals surface area contributed by atoms with Crippen molar-refractivity contribution in [3.05, 3.63) is 88.5 Å². The van der Waals surface area contributed by atoms with E-state index in [2.05, 4.69) is 68.5 Å². The maximum Gasteiger partial charge on any atom is 0.207 e. The van der Waals surface area contributed by atoms with E-state index in [1.165, 1.54) is 0 Å². The summed E-state index contributed by atoms with van der Waals surface area (Å²) in [6.45, 7) is 8.73. The zero-order valence-corrected chi connectivity index (χ0v) is 21.2. The number of carbonyl (C=O) groups is 1. The SMILES string of the molecule is C/C=C1\C(C)=C(C)C(=O)c2c1nc(CCCC)n2Cc1ccc(-c2ccccc2-c2nn[nH]n2)cc1. The molecule has 4 aromatic rings. The summed E-state index contributed by atoms with van der Waals surface area (Å²) in [5, 5.41) is 14.5. The summed E-state index contributed by atoms with van der Waals surface area (Å²) < 4.78 is 2.13. The first-order valence-electron chi connectivity index (χ1n) is 12.4. The number of Topliss-reactive ketones (excluding diaryl/α,β-unsaturated/α-hetero) is 1. The molecular formula is C29H30N6O. The van der Waals surface area contributed by atoms with Gasteiger partial charge in [-0.05, 0) is 54.7 Å². The van der Waals surface area contributed by atoms with E-state index < -0.39 is 0 Å². The standard InChI is InChI=1S/C29H30N6O/c1-5-7-12-25-30-26-22(6-2)18(3)19(4)28(36)27(26)35(25)17-20-13-15-21(16-14-20)23-10-8-9-11-24(23)29-31-33-34-32-29/h6,8-11,13-16H,5,7,12,17H2,1-4H3,(H,31,32,33,34)/b22-6+. The van der Waals surface area contributed by atoms with Crippen molar-refractivity contribution in [2.24, 2.45) is 0 Å². The number of hydrogen-bond donors (Lipinski definition) is 1. The topological polar surface area (TPSA) is 89.4 Å². The number of nitrogens with one attached hydrogen (secondary N) is 1. The van der Waals surface area contributed by atoms with Crippen LogP contribution >= 0.6 is 0 Å². The fourth-order valence-electron chi connectivity index (χ4n) is 4.87. The van der Waals surface area contributed by atoms with Gasteiger partial charge >= 0.3 is 0 Å². The maximum atomic E-state index is 13.4. The van der Waals surface area contributed by atoms with Crippen molar-refractivity contribution in [2.45, 2.75) is 53.5 Å². The lowest BCUT2D eigenvalue weighted by Gasteiger charge is -2.19. The molecule has 36 heavy (non-hydrogen) atoms. The average Bonchev–Trinajstić information content (AvgIpc) is 3.56. The lowest BCUT2D eigenvalue weighted by atomic mass is 9.88. The number of fused-ring (bicyclic) bond motifs is 1. The molecule has 0 saturated carbocycles. The van der Waals surface area contributed by atoms with Crippen LogP contribution in [0.4, 0.5) is 0 Å². The van der Waals surface area contributed by atoms with Crippen molar-refractivity contribution in [1.82, 2.24) is 30.2 Å². The van der Waals surface area contributed by atoms with Gasteiger partial charge in [-0.25, -0.2) is 4.98 Å². The Morgan fingerprint density at radius 3 is 2.42 bits per heavy atom. The zero-order chi connectivity index (χ0) is 25.2. The molecule has 0 radical (unpaired) electrons. The number of aromatic nitrogens is 6. The third-order valence-electron chi connectivity index (χ3n) is 6.99. The Morgan fingerprint density at radius 2 is 1.75 bits per heavy atom. The highest BCUT2D eigenvalue weighted by Crippen LogP contribution is 2.36. The van der Waals surface area contributed by atoms with Crippen LogP contribution in [0, 0.1) is 0 Å². The Labute approximate surface area is 211 Å². The van der Waals surface area contributed by atoms with E-state index in [0.717, 1.165) is 69.8 Å². The zero-order valence-electron chi connectivity index (χ0n) is 21.2. The van der Waals surface area contributed by atoms with Gasteiger partial charge in [-0.3, -0.25) is 4.79 Å². The Bertz CT molecular complexity index is 1470. The van der Waals surface area contributed by atoms with Crippen LogP contribution in [0.15, 0.2) is 65.8 Å². The summed E-state index contributed by atoms with van der Waals surface area (Å²) in [5.74, 6) is 1.62. The number of hydrogen-bond acceptors (Lipinski definition) is 5. The molecule has 7 nitrogen and oxygen atoms in total. The minimum atomic E-state index is 0.0778. The number of unbranched alkanes of at least 4 members (excludes halogenated alkanes) is 1. The smallest absolute Gasteiger partial charge is 0.207 e. The summed E-state index contributed by atoms with van der Waals surface area (Å²) in [5.41, 5.74) is 8.56. The number of allylic oxidation sites excluding steroid dienone is 4. The molecule has 182 valence electrons. The lowest BCUT2D eigenvalue weighted by Crippen LogP contribution is -2.18. The molecule has 0 amide bonds. The molecule has 0 fully saturated rings. The summed E-state index contributed by atoms with van der Waals surface area (Å²) in [6.07, 6.45) is 5.03. The van der Waals surface area contributed by atoms with Gasteiger partial charge in [0.25, 0.3) is 0 Å². The number of tetrazole rings is 1. The van der Waals surface area contributed by atoms with Crippen LogP contribution in [0.5, 0.6) is 0 Å². The first kappa shape index (κ1) is 23.6. The predicted molar refractivity (Wildman–Crippen MR) is 141 cm³/mol. The van der Waals surface area contributed by atoms with Crippen molar-refractivity contribution in [1.29, 1.82) is 0 Å². The Kier molecular flexibility index (Phi) is 6.46. The number of nitrogens with zero attached hydrogens (tertiary/aromatic N) is 5. The van der Waals surface area contributed by atoms with Gasteiger partial charge in [-0.1, -0.05) is 68.0 Å². The van der Waals surface area contributed by atoms with E-state index >= 15 is 0 Å². The van der Waals surface area contributed by atoms with Gasteiger partial charge in [0, 0.05) is 29.7 Å². The summed E-state index contributed by atoms with van der Waals surface area (Å²) in [7, 11) is 0. The molecule has 2 heterocycles. The first-order valence-corrected chi connectivity index (χ1v) is 12.4. The first-order chi connectivity index (χ1) is 17.5. The molecular weight excluding hydrogens is 448 g/mol. The van der Waals surface area contributed by atoms with Crippen LogP contribution in [0.2, 0.25) is 0 Å². The molecule has 0 spiro atoms. The van der Waals surface area contributed by atoms with Crippen molar-refractivity contribution < 1.29 is 4.79 Å². The highest BCUT2D eigenvalue weighted by atomic mass is 16.1. The molecule has 1 aliphatic rings. The minimum Gasteiger partial charge on any atom is -0.320 e. The maximum absolute atomic E-state index is 13.4. The highest BCUT2D eigenvalue weighted by Gasteiger charge is 2.31. The lowest BCUT2D eigenvalue weighted by molar-refractivity contribution is 0.102. The summed E-state index contributed by atoms with van der Waals surface area (Å²) >= 11 is 0. The molecule has 0 aliphatic heterocycles. The highest BCUT2D eigenvalue weighted by molar-refractivity contribution is 6.15. The fourth-order valence-corrected chi connectivity index (χ4v) is 4.87. The number of carbonyl (C=O) groups excluding carboxylic acids is 1. The van der Waals surface area contributed by atoms with Crippen molar-refractivity contribution >= 4 is 11.4 Å². The normalized spacial score (nSPS) is 14.6. The average molecular weight is 479 g/mol. The van der Waals surface area contributed by atoms with Crippen LogP contribution in [-0.2, 0) is 13.0 Å². The number of imidazole rings is 1. The minimum absolute atomic E-state index is 0.0778. The van der Waals surface area contributed by atoms with E-state index in [1.807, 2.05) is 39.0 Å². The quantitative estimate of drug-likeness (QED) is 0.349. The summed E-state index contributed by atoms with van der Waals surface area (Å²) in [6, 6.07) is 16.5. The fraction of sp³-hybridized carbons (Fsp3) is 0.276.